The number of carbonyl (C=O) groups is 3. The van der Waals surface area contributed by atoms with E-state index in [1.807, 2.05) is 0 Å². The van der Waals surface area contributed by atoms with E-state index in [1.165, 1.54) is 12.0 Å². The zero-order valence-corrected chi connectivity index (χ0v) is 10.6. The lowest BCUT2D eigenvalue weighted by atomic mass is 9.97. The molecule has 0 aromatic rings. The quantitative estimate of drug-likeness (QED) is 0.535. The van der Waals surface area contributed by atoms with Gasteiger partial charge in [-0.25, -0.2) is 0 Å². The number of ether oxygens (including phenoxy) is 1. The Hall–Kier alpha value is -1.43. The number of hydrogen-bond donors (Lipinski definition) is 1. The lowest BCUT2D eigenvalue weighted by Crippen LogP contribution is -2.46. The van der Waals surface area contributed by atoms with Crippen molar-refractivity contribution in [3.8, 4) is 0 Å². The second-order valence-electron chi connectivity index (χ2n) is 5.29. The van der Waals surface area contributed by atoms with E-state index in [4.69, 9.17) is 5.73 Å². The SMILES string of the molecule is COC(=O)C(C)(N)CCCN1C(=O)C2CC2C1=O. The number of methoxy groups -OCH3 is 1. The fourth-order valence-corrected chi connectivity index (χ4v) is 2.41. The van der Waals surface area contributed by atoms with Gasteiger partial charge in [-0.05, 0) is 26.2 Å². The van der Waals surface area contributed by atoms with Gasteiger partial charge < -0.3 is 10.5 Å². The molecule has 1 aliphatic heterocycles. The van der Waals surface area contributed by atoms with Crippen molar-refractivity contribution in [2.45, 2.75) is 31.7 Å². The minimum Gasteiger partial charge on any atom is -0.468 e. The molecule has 0 radical (unpaired) electrons. The van der Waals surface area contributed by atoms with Crippen LogP contribution in [0.25, 0.3) is 0 Å². The molecule has 1 saturated heterocycles. The van der Waals surface area contributed by atoms with Crippen LogP contribution in [0.15, 0.2) is 0 Å². The van der Waals surface area contributed by atoms with E-state index in [9.17, 15) is 14.4 Å². The first-order valence-corrected chi connectivity index (χ1v) is 6.11. The van der Waals surface area contributed by atoms with Gasteiger partial charge >= 0.3 is 5.97 Å². The molecular formula is C12H18N2O4. The van der Waals surface area contributed by atoms with E-state index in [2.05, 4.69) is 4.74 Å². The molecule has 18 heavy (non-hydrogen) atoms. The van der Waals surface area contributed by atoms with Crippen LogP contribution in [0.1, 0.15) is 26.2 Å². The predicted octanol–water partition coefficient (Wildman–Crippen LogP) is -0.338. The molecule has 2 aliphatic rings. The molecule has 3 unspecified atom stereocenters. The molecule has 100 valence electrons. The smallest absolute Gasteiger partial charge is 0.325 e. The Balaban J connectivity index is 1.81. The molecule has 6 heteroatoms. The summed E-state index contributed by atoms with van der Waals surface area (Å²) in [6.45, 7) is 1.93. The maximum Gasteiger partial charge on any atom is 0.325 e. The first-order valence-electron chi connectivity index (χ1n) is 6.11. The normalized spacial score (nSPS) is 28.9. The summed E-state index contributed by atoms with van der Waals surface area (Å²) in [6.07, 6.45) is 1.61. The summed E-state index contributed by atoms with van der Waals surface area (Å²) in [6, 6.07) is 0. The summed E-state index contributed by atoms with van der Waals surface area (Å²) in [7, 11) is 1.29. The fourth-order valence-electron chi connectivity index (χ4n) is 2.41. The molecule has 3 atom stereocenters. The van der Waals surface area contributed by atoms with Crippen molar-refractivity contribution in [3.63, 3.8) is 0 Å². The average molecular weight is 254 g/mol. The van der Waals surface area contributed by atoms with Crippen molar-refractivity contribution in [2.24, 2.45) is 17.6 Å². The van der Waals surface area contributed by atoms with Crippen LogP contribution in [0.5, 0.6) is 0 Å². The Morgan fingerprint density at radius 2 is 2.00 bits per heavy atom. The molecule has 1 heterocycles. The van der Waals surface area contributed by atoms with Crippen LogP contribution in [0.2, 0.25) is 0 Å². The number of carbonyl (C=O) groups excluding carboxylic acids is 3. The summed E-state index contributed by atoms with van der Waals surface area (Å²) in [4.78, 5) is 36.0. The lowest BCUT2D eigenvalue weighted by Gasteiger charge is -2.23. The Kier molecular flexibility index (Phi) is 3.14. The van der Waals surface area contributed by atoms with E-state index in [0.717, 1.165) is 0 Å². The molecule has 2 N–H and O–H groups in total. The summed E-state index contributed by atoms with van der Waals surface area (Å²) < 4.78 is 4.59. The molecular weight excluding hydrogens is 236 g/mol. The van der Waals surface area contributed by atoms with Gasteiger partial charge in [0.2, 0.25) is 11.8 Å². The van der Waals surface area contributed by atoms with Crippen LogP contribution >= 0.6 is 0 Å². The van der Waals surface area contributed by atoms with E-state index in [1.54, 1.807) is 6.92 Å². The second kappa shape index (κ2) is 4.35. The van der Waals surface area contributed by atoms with Gasteiger partial charge in [-0.1, -0.05) is 0 Å². The third-order valence-corrected chi connectivity index (χ3v) is 3.69. The largest absolute Gasteiger partial charge is 0.468 e. The number of hydrogen-bond acceptors (Lipinski definition) is 5. The zero-order chi connectivity index (χ0) is 13.5. The number of piperidine rings is 1. The second-order valence-corrected chi connectivity index (χ2v) is 5.29. The lowest BCUT2D eigenvalue weighted by molar-refractivity contribution is -0.146. The highest BCUT2D eigenvalue weighted by Gasteiger charge is 2.58. The minimum atomic E-state index is -1.07. The van der Waals surface area contributed by atoms with Crippen LogP contribution < -0.4 is 5.73 Å². The van der Waals surface area contributed by atoms with E-state index in [0.29, 0.717) is 25.8 Å². The van der Waals surface area contributed by atoms with Gasteiger partial charge in [-0.15, -0.1) is 0 Å². The number of fused-ring (bicyclic) bond motifs is 1. The van der Waals surface area contributed by atoms with Crippen LogP contribution in [-0.2, 0) is 19.1 Å². The van der Waals surface area contributed by atoms with E-state index < -0.39 is 11.5 Å². The Labute approximate surface area is 105 Å². The van der Waals surface area contributed by atoms with E-state index >= 15 is 0 Å². The zero-order valence-electron chi connectivity index (χ0n) is 10.6. The molecule has 0 aromatic heterocycles. The highest BCUT2D eigenvalue weighted by Crippen LogP contribution is 2.46. The number of likely N-dealkylation sites (tertiary alicyclic amines) is 1. The van der Waals surface area contributed by atoms with Gasteiger partial charge in [0.25, 0.3) is 0 Å². The minimum absolute atomic E-state index is 0.0673. The molecule has 0 bridgehead atoms. The first-order chi connectivity index (χ1) is 8.38. The van der Waals surface area contributed by atoms with Crippen molar-refractivity contribution in [1.29, 1.82) is 0 Å². The van der Waals surface area contributed by atoms with E-state index in [-0.39, 0.29) is 23.7 Å². The standard InChI is InChI=1S/C12H18N2O4/c1-12(13,11(17)18-2)4-3-5-14-9(15)7-6-8(7)10(14)16/h7-8H,3-6,13H2,1-2H3. The van der Waals surface area contributed by atoms with Crippen LogP contribution in [0.3, 0.4) is 0 Å². The highest BCUT2D eigenvalue weighted by atomic mass is 16.5. The summed E-state index contributed by atoms with van der Waals surface area (Å²) in [5.41, 5.74) is 4.73. The monoisotopic (exact) mass is 254 g/mol. The Morgan fingerprint density at radius 3 is 2.50 bits per heavy atom. The topological polar surface area (TPSA) is 89.7 Å². The summed E-state index contributed by atoms with van der Waals surface area (Å²) in [5, 5.41) is 0. The third kappa shape index (κ3) is 2.12. The van der Waals surface area contributed by atoms with Crippen molar-refractivity contribution in [3.05, 3.63) is 0 Å². The van der Waals surface area contributed by atoms with Crippen molar-refractivity contribution < 1.29 is 19.1 Å². The number of rotatable bonds is 5. The maximum absolute atomic E-state index is 11.7. The number of esters is 1. The fraction of sp³-hybridized carbons (Fsp3) is 0.750. The van der Waals surface area contributed by atoms with Crippen LogP contribution in [0.4, 0.5) is 0 Å². The number of nitrogens with zero attached hydrogens (tertiary/aromatic N) is 1. The Morgan fingerprint density at radius 1 is 1.44 bits per heavy atom. The van der Waals surface area contributed by atoms with Gasteiger partial charge in [0.05, 0.1) is 18.9 Å². The highest BCUT2D eigenvalue weighted by molar-refractivity contribution is 6.08. The molecule has 0 aromatic carbocycles. The van der Waals surface area contributed by atoms with Crippen LogP contribution in [-0.4, -0.2) is 41.9 Å². The average Bonchev–Trinajstić information content (AvgIpc) is 3.07. The van der Waals surface area contributed by atoms with Crippen molar-refractivity contribution in [1.82, 2.24) is 4.90 Å². The summed E-state index contributed by atoms with van der Waals surface area (Å²) in [5.74, 6) is -0.752. The van der Waals surface area contributed by atoms with Crippen molar-refractivity contribution in [2.75, 3.05) is 13.7 Å². The predicted molar refractivity (Wildman–Crippen MR) is 62.2 cm³/mol. The van der Waals surface area contributed by atoms with Gasteiger partial charge in [-0.3, -0.25) is 19.3 Å². The van der Waals surface area contributed by atoms with Gasteiger partial charge in [0, 0.05) is 6.54 Å². The van der Waals surface area contributed by atoms with Gasteiger partial charge in [0.15, 0.2) is 0 Å². The van der Waals surface area contributed by atoms with Gasteiger partial charge in [0.1, 0.15) is 5.54 Å². The number of nitrogens with two attached hydrogens (primary N) is 1. The summed E-state index contributed by atoms with van der Waals surface area (Å²) >= 11 is 0. The number of amides is 2. The number of imide groups is 1. The molecule has 0 spiro atoms. The van der Waals surface area contributed by atoms with Crippen LogP contribution in [0, 0.1) is 11.8 Å². The maximum atomic E-state index is 11.7. The molecule has 1 aliphatic carbocycles. The van der Waals surface area contributed by atoms with Gasteiger partial charge in [-0.2, -0.15) is 0 Å². The molecule has 6 nitrogen and oxygen atoms in total. The first kappa shape index (κ1) is 13.0. The molecule has 2 amide bonds. The third-order valence-electron chi connectivity index (χ3n) is 3.69. The molecule has 2 rings (SSSR count). The molecule has 1 saturated carbocycles. The van der Waals surface area contributed by atoms with Crippen molar-refractivity contribution >= 4 is 17.8 Å². The molecule has 2 fully saturated rings. The Bertz CT molecular complexity index is 385.